The molecule has 11 heteroatoms. The molecule has 2 aliphatic carbocycles. The van der Waals surface area contributed by atoms with Gasteiger partial charge in [0.2, 0.25) is 11.8 Å². The highest BCUT2D eigenvalue weighted by Gasteiger charge is 2.51. The third-order valence-corrected chi connectivity index (χ3v) is 9.22. The van der Waals surface area contributed by atoms with Crippen LogP contribution in [0.25, 0.3) is 0 Å². The smallest absolute Gasteiger partial charge is 0.247 e. The minimum Gasteiger partial charge on any atom is -0.497 e. The van der Waals surface area contributed by atoms with E-state index in [1.807, 2.05) is 18.2 Å². The molecule has 11 nitrogen and oxygen atoms in total. The van der Waals surface area contributed by atoms with Crippen molar-refractivity contribution in [3.63, 3.8) is 0 Å². The summed E-state index contributed by atoms with van der Waals surface area (Å²) in [7, 11) is 4.66. The van der Waals surface area contributed by atoms with Crippen LogP contribution in [0.15, 0.2) is 42.0 Å². The van der Waals surface area contributed by atoms with Crippen LogP contribution in [0.4, 0.5) is 0 Å². The van der Waals surface area contributed by atoms with E-state index in [4.69, 9.17) is 18.9 Å². The summed E-state index contributed by atoms with van der Waals surface area (Å²) in [5.74, 6) is 1.13. The monoisotopic (exact) mass is 624 g/mol. The Balaban J connectivity index is 1.55. The molecule has 0 radical (unpaired) electrons. The molecule has 5 rings (SSSR count). The number of ether oxygens (including phenoxy) is 4. The van der Waals surface area contributed by atoms with Gasteiger partial charge in [-0.3, -0.25) is 9.59 Å². The fourth-order valence-corrected chi connectivity index (χ4v) is 6.96. The lowest BCUT2D eigenvalue weighted by atomic mass is 9.77. The Bertz CT molecular complexity index is 1400. The third kappa shape index (κ3) is 6.75. The fourth-order valence-electron chi connectivity index (χ4n) is 6.96. The number of amides is 2. The molecule has 1 heterocycles. The molecule has 4 atom stereocenters. The lowest BCUT2D eigenvalue weighted by molar-refractivity contribution is -0.138. The van der Waals surface area contributed by atoms with Crippen molar-refractivity contribution in [1.29, 1.82) is 0 Å². The van der Waals surface area contributed by atoms with Crippen LogP contribution in [0.3, 0.4) is 0 Å². The molecule has 244 valence electrons. The van der Waals surface area contributed by atoms with E-state index in [1.54, 1.807) is 37.3 Å². The van der Waals surface area contributed by atoms with Crippen molar-refractivity contribution in [2.24, 2.45) is 5.92 Å². The number of carbonyl (C=O) groups is 2. The second-order valence-electron chi connectivity index (χ2n) is 11.9. The van der Waals surface area contributed by atoms with E-state index < -0.39 is 30.1 Å². The van der Waals surface area contributed by atoms with Crippen molar-refractivity contribution in [3.05, 3.63) is 58.7 Å². The Kier molecular flexibility index (Phi) is 10.5. The van der Waals surface area contributed by atoms with E-state index in [0.717, 1.165) is 31.2 Å². The number of fused-ring (bicyclic) bond motifs is 3. The Hall–Kier alpha value is -3.80. The zero-order valence-corrected chi connectivity index (χ0v) is 26.2. The summed E-state index contributed by atoms with van der Waals surface area (Å²) < 4.78 is 22.9. The molecule has 0 saturated heterocycles. The first-order valence-electron chi connectivity index (χ1n) is 15.6. The van der Waals surface area contributed by atoms with E-state index in [0.29, 0.717) is 52.5 Å². The van der Waals surface area contributed by atoms with Gasteiger partial charge in [0, 0.05) is 30.6 Å². The van der Waals surface area contributed by atoms with Gasteiger partial charge < -0.3 is 44.5 Å². The zero-order valence-electron chi connectivity index (χ0n) is 26.2. The van der Waals surface area contributed by atoms with Crippen LogP contribution in [-0.2, 0) is 22.6 Å². The molecular formula is C34H44N2O9. The number of hydrogen-bond donors (Lipinski definition) is 4. The maximum absolute atomic E-state index is 14.1. The summed E-state index contributed by atoms with van der Waals surface area (Å²) in [6, 6.07) is 8.04. The lowest BCUT2D eigenvalue weighted by Crippen LogP contribution is -2.56. The van der Waals surface area contributed by atoms with Gasteiger partial charge in [-0.05, 0) is 72.7 Å². The Labute approximate surface area is 263 Å². The summed E-state index contributed by atoms with van der Waals surface area (Å²) in [4.78, 5) is 29.4. The maximum atomic E-state index is 14.1. The zero-order chi connectivity index (χ0) is 32.1. The second kappa shape index (κ2) is 14.5. The molecule has 2 amide bonds. The topological polar surface area (TPSA) is 147 Å². The number of rotatable bonds is 13. The SMILES string of the molecule is COc1ccc(OC)c(CCN(C(=O)CC2CCCC2)C2C=C(C(=O)NCCO)C3c4cc(CO)cc(OC)c4OC3C2O)c1. The first-order valence-corrected chi connectivity index (χ1v) is 15.6. The number of hydrogen-bond acceptors (Lipinski definition) is 9. The van der Waals surface area contributed by atoms with Crippen LogP contribution in [0.5, 0.6) is 23.0 Å². The Morgan fingerprint density at radius 1 is 1.02 bits per heavy atom. The third-order valence-electron chi connectivity index (χ3n) is 9.22. The van der Waals surface area contributed by atoms with Crippen molar-refractivity contribution in [2.45, 2.75) is 69.3 Å². The van der Waals surface area contributed by atoms with Crippen molar-refractivity contribution >= 4 is 11.8 Å². The van der Waals surface area contributed by atoms with Gasteiger partial charge in [0.05, 0.1) is 46.5 Å². The summed E-state index contributed by atoms with van der Waals surface area (Å²) >= 11 is 0. The molecule has 1 aliphatic heterocycles. The van der Waals surface area contributed by atoms with Crippen LogP contribution >= 0.6 is 0 Å². The van der Waals surface area contributed by atoms with Gasteiger partial charge in [0.25, 0.3) is 0 Å². The molecule has 1 fully saturated rings. The summed E-state index contributed by atoms with van der Waals surface area (Å²) in [6.45, 7) is -0.210. The van der Waals surface area contributed by atoms with E-state index in [-0.39, 0.29) is 38.1 Å². The number of nitrogens with one attached hydrogen (secondary N) is 1. The minimum absolute atomic E-state index is 0.0362. The van der Waals surface area contributed by atoms with Gasteiger partial charge in [-0.15, -0.1) is 0 Å². The van der Waals surface area contributed by atoms with Gasteiger partial charge in [-0.1, -0.05) is 12.8 Å². The van der Waals surface area contributed by atoms with E-state index in [2.05, 4.69) is 5.32 Å². The molecule has 2 aromatic carbocycles. The summed E-state index contributed by atoms with van der Waals surface area (Å²) in [5.41, 5.74) is 2.34. The van der Waals surface area contributed by atoms with Crippen LogP contribution < -0.4 is 24.3 Å². The van der Waals surface area contributed by atoms with E-state index in [9.17, 15) is 24.9 Å². The Morgan fingerprint density at radius 2 is 1.78 bits per heavy atom. The van der Waals surface area contributed by atoms with E-state index in [1.165, 1.54) is 7.11 Å². The van der Waals surface area contributed by atoms with Crippen molar-refractivity contribution in [3.8, 4) is 23.0 Å². The average molecular weight is 625 g/mol. The molecule has 45 heavy (non-hydrogen) atoms. The number of nitrogens with zero attached hydrogens (tertiary/aromatic N) is 1. The highest BCUT2D eigenvalue weighted by molar-refractivity contribution is 5.96. The summed E-state index contributed by atoms with van der Waals surface area (Å²) in [6.07, 6.45) is 4.50. The standard InChI is InChI=1S/C34H44N2O9/c1-42-23-8-9-27(43-2)22(17-23)10-12-36(29(39)16-20-6-4-5-7-20)26-18-25(34(41)35-11-13-37)30-24-14-21(19-38)15-28(44-3)32(24)45-33(30)31(26)40/h8-9,14-15,17-18,20,26,30-31,33,37-38,40H,4-7,10-13,16,19H2,1-3H3,(H,35,41). The number of carbonyl (C=O) groups excluding carboxylic acids is 2. The number of benzene rings is 2. The van der Waals surface area contributed by atoms with Crippen LogP contribution in [0, 0.1) is 5.92 Å². The van der Waals surface area contributed by atoms with Gasteiger partial charge >= 0.3 is 0 Å². The van der Waals surface area contributed by atoms with Crippen LogP contribution in [0.1, 0.15) is 54.7 Å². The lowest BCUT2D eigenvalue weighted by Gasteiger charge is -2.41. The molecule has 1 saturated carbocycles. The van der Waals surface area contributed by atoms with Gasteiger partial charge in [-0.25, -0.2) is 0 Å². The highest BCUT2D eigenvalue weighted by atomic mass is 16.5. The van der Waals surface area contributed by atoms with Crippen molar-refractivity contribution < 1.29 is 43.9 Å². The second-order valence-corrected chi connectivity index (χ2v) is 11.9. The minimum atomic E-state index is -1.18. The van der Waals surface area contributed by atoms with Crippen LogP contribution in [-0.4, -0.2) is 91.3 Å². The quantitative estimate of drug-likeness (QED) is 0.264. The Morgan fingerprint density at radius 3 is 2.44 bits per heavy atom. The normalized spacial score (nSPS) is 22.1. The average Bonchev–Trinajstić information content (AvgIpc) is 3.72. The van der Waals surface area contributed by atoms with Crippen molar-refractivity contribution in [1.82, 2.24) is 10.2 Å². The predicted molar refractivity (Wildman–Crippen MR) is 166 cm³/mol. The van der Waals surface area contributed by atoms with Crippen molar-refractivity contribution in [2.75, 3.05) is 41.0 Å². The predicted octanol–water partition coefficient (Wildman–Crippen LogP) is 2.48. The van der Waals surface area contributed by atoms with E-state index >= 15 is 0 Å². The van der Waals surface area contributed by atoms with Gasteiger partial charge in [0.15, 0.2) is 11.5 Å². The number of aliphatic hydroxyl groups is 3. The number of methoxy groups -OCH3 is 3. The summed E-state index contributed by atoms with van der Waals surface area (Å²) in [5, 5.41) is 34.1. The molecule has 3 aliphatic rings. The number of aliphatic hydroxyl groups excluding tert-OH is 3. The largest absolute Gasteiger partial charge is 0.497 e. The highest BCUT2D eigenvalue weighted by Crippen LogP contribution is 2.51. The molecule has 4 N–H and O–H groups in total. The fraction of sp³-hybridized carbons (Fsp3) is 0.529. The molecular weight excluding hydrogens is 580 g/mol. The molecule has 0 spiro atoms. The molecule has 0 bridgehead atoms. The van der Waals surface area contributed by atoms with Gasteiger partial charge in [-0.2, -0.15) is 0 Å². The maximum Gasteiger partial charge on any atom is 0.247 e. The first kappa shape index (κ1) is 32.6. The van der Waals surface area contributed by atoms with Crippen LogP contribution in [0.2, 0.25) is 0 Å². The molecule has 2 aromatic rings. The molecule has 0 aromatic heterocycles. The molecule has 4 unspecified atom stereocenters. The van der Waals surface area contributed by atoms with Gasteiger partial charge in [0.1, 0.15) is 23.7 Å². The first-order chi connectivity index (χ1) is 21.8.